The number of aromatic nitrogens is 1. The SMILES string of the molecule is CC(C)C1CCC(C(F)(F)F)CC1S(=O)(=O)Oc1ccc2ncccc2c1. The third-order valence-corrected chi connectivity index (χ3v) is 7.03. The first-order valence-corrected chi connectivity index (χ1v) is 10.4. The molecule has 1 aromatic carbocycles. The zero-order valence-corrected chi connectivity index (χ0v) is 15.9. The van der Waals surface area contributed by atoms with Crippen molar-refractivity contribution >= 4 is 21.0 Å². The van der Waals surface area contributed by atoms with Crippen molar-refractivity contribution in [1.82, 2.24) is 4.98 Å². The molecule has 0 N–H and O–H groups in total. The zero-order valence-electron chi connectivity index (χ0n) is 15.1. The summed E-state index contributed by atoms with van der Waals surface area (Å²) in [6.07, 6.45) is -3.06. The molecule has 1 aliphatic carbocycles. The van der Waals surface area contributed by atoms with Gasteiger partial charge < -0.3 is 4.18 Å². The molecule has 1 saturated carbocycles. The summed E-state index contributed by atoms with van der Waals surface area (Å²) >= 11 is 0. The van der Waals surface area contributed by atoms with Crippen molar-refractivity contribution in [3.8, 4) is 5.75 Å². The van der Waals surface area contributed by atoms with Gasteiger partial charge in [0.05, 0.1) is 11.4 Å². The van der Waals surface area contributed by atoms with Gasteiger partial charge in [0, 0.05) is 11.6 Å². The molecule has 0 amide bonds. The number of rotatable bonds is 4. The fraction of sp³-hybridized carbons (Fsp3) is 0.526. The van der Waals surface area contributed by atoms with Gasteiger partial charge in [0.1, 0.15) is 11.0 Å². The van der Waals surface area contributed by atoms with Gasteiger partial charge in [-0.05, 0) is 55.4 Å². The average molecular weight is 401 g/mol. The molecule has 1 fully saturated rings. The normalized spacial score (nSPS) is 24.3. The molecule has 2 aromatic rings. The smallest absolute Gasteiger partial charge is 0.382 e. The van der Waals surface area contributed by atoms with E-state index in [9.17, 15) is 21.6 Å². The highest BCUT2D eigenvalue weighted by atomic mass is 32.2. The minimum atomic E-state index is -4.40. The van der Waals surface area contributed by atoms with Gasteiger partial charge in [-0.15, -0.1) is 0 Å². The van der Waals surface area contributed by atoms with Crippen LogP contribution in [0.1, 0.15) is 33.1 Å². The molecule has 1 heterocycles. The van der Waals surface area contributed by atoms with Crippen molar-refractivity contribution in [3.63, 3.8) is 0 Å². The lowest BCUT2D eigenvalue weighted by Crippen LogP contribution is -2.43. The Morgan fingerprint density at radius 1 is 1.19 bits per heavy atom. The van der Waals surface area contributed by atoms with Crippen LogP contribution in [-0.4, -0.2) is 24.8 Å². The Bertz CT molecular complexity index is 912. The first-order valence-electron chi connectivity index (χ1n) is 8.92. The third kappa shape index (κ3) is 4.36. The van der Waals surface area contributed by atoms with E-state index in [1.165, 1.54) is 12.1 Å². The number of hydrogen-bond acceptors (Lipinski definition) is 4. The molecule has 0 aliphatic heterocycles. The summed E-state index contributed by atoms with van der Waals surface area (Å²) in [5.41, 5.74) is 0.678. The molecule has 1 aromatic heterocycles. The lowest BCUT2D eigenvalue weighted by Gasteiger charge is -2.37. The summed E-state index contributed by atoms with van der Waals surface area (Å²) in [4.78, 5) is 4.15. The maximum Gasteiger partial charge on any atom is 0.391 e. The summed E-state index contributed by atoms with van der Waals surface area (Å²) in [7, 11) is -4.21. The van der Waals surface area contributed by atoms with Crippen LogP contribution in [-0.2, 0) is 10.1 Å². The number of pyridine rings is 1. The van der Waals surface area contributed by atoms with Crippen LogP contribution in [0.25, 0.3) is 10.9 Å². The van der Waals surface area contributed by atoms with Crippen LogP contribution in [0.4, 0.5) is 13.2 Å². The minimum absolute atomic E-state index is 0.0417. The van der Waals surface area contributed by atoms with E-state index in [0.29, 0.717) is 10.9 Å². The highest BCUT2D eigenvalue weighted by Crippen LogP contribution is 2.44. The van der Waals surface area contributed by atoms with Crippen LogP contribution in [0.2, 0.25) is 0 Å². The lowest BCUT2D eigenvalue weighted by molar-refractivity contribution is -0.184. The van der Waals surface area contributed by atoms with Crippen molar-refractivity contribution in [3.05, 3.63) is 36.5 Å². The van der Waals surface area contributed by atoms with Crippen LogP contribution >= 0.6 is 0 Å². The maximum atomic E-state index is 13.2. The number of benzene rings is 1. The fourth-order valence-corrected chi connectivity index (χ4v) is 5.69. The Labute approximate surface area is 156 Å². The molecule has 3 atom stereocenters. The minimum Gasteiger partial charge on any atom is -0.382 e. The molecular formula is C19H22F3NO3S. The summed E-state index contributed by atoms with van der Waals surface area (Å²) in [6, 6.07) is 8.11. The predicted molar refractivity (Wildman–Crippen MR) is 96.8 cm³/mol. The van der Waals surface area contributed by atoms with Crippen molar-refractivity contribution in [2.45, 2.75) is 44.5 Å². The molecule has 8 heteroatoms. The summed E-state index contributed by atoms with van der Waals surface area (Å²) in [5, 5.41) is -0.482. The lowest BCUT2D eigenvalue weighted by atomic mass is 9.76. The van der Waals surface area contributed by atoms with E-state index in [4.69, 9.17) is 4.18 Å². The van der Waals surface area contributed by atoms with Crippen LogP contribution in [0.15, 0.2) is 36.5 Å². The van der Waals surface area contributed by atoms with Crippen LogP contribution in [0, 0.1) is 17.8 Å². The molecule has 0 radical (unpaired) electrons. The van der Waals surface area contributed by atoms with E-state index in [0.717, 1.165) is 0 Å². The average Bonchev–Trinajstić information content (AvgIpc) is 2.60. The van der Waals surface area contributed by atoms with Gasteiger partial charge in [0.25, 0.3) is 0 Å². The van der Waals surface area contributed by atoms with Crippen LogP contribution < -0.4 is 4.18 Å². The van der Waals surface area contributed by atoms with Crippen molar-refractivity contribution < 1.29 is 25.8 Å². The monoisotopic (exact) mass is 401 g/mol. The summed E-state index contributed by atoms with van der Waals surface area (Å²) in [6.45, 7) is 3.67. The van der Waals surface area contributed by atoms with E-state index < -0.39 is 33.9 Å². The van der Waals surface area contributed by atoms with Gasteiger partial charge in [-0.2, -0.15) is 21.6 Å². The van der Waals surface area contributed by atoms with Crippen LogP contribution in [0.3, 0.4) is 0 Å². The van der Waals surface area contributed by atoms with Crippen molar-refractivity contribution in [2.24, 2.45) is 17.8 Å². The van der Waals surface area contributed by atoms with Gasteiger partial charge in [-0.1, -0.05) is 19.9 Å². The van der Waals surface area contributed by atoms with Gasteiger partial charge in [0.2, 0.25) is 0 Å². The number of fused-ring (bicyclic) bond motifs is 1. The zero-order chi connectivity index (χ0) is 19.8. The molecule has 3 rings (SSSR count). The molecule has 0 saturated heterocycles. The Morgan fingerprint density at radius 2 is 1.93 bits per heavy atom. The Morgan fingerprint density at radius 3 is 2.59 bits per heavy atom. The van der Waals surface area contributed by atoms with E-state index in [2.05, 4.69) is 4.98 Å². The molecular weight excluding hydrogens is 379 g/mol. The fourth-order valence-electron chi connectivity index (χ4n) is 3.85. The van der Waals surface area contributed by atoms with E-state index in [1.54, 1.807) is 24.4 Å². The highest BCUT2D eigenvalue weighted by molar-refractivity contribution is 7.87. The second-order valence-corrected chi connectivity index (χ2v) is 9.19. The summed E-state index contributed by atoms with van der Waals surface area (Å²) < 4.78 is 70.6. The Kier molecular flexibility index (Phi) is 5.38. The Balaban J connectivity index is 1.89. The van der Waals surface area contributed by atoms with E-state index in [1.807, 2.05) is 13.8 Å². The van der Waals surface area contributed by atoms with E-state index >= 15 is 0 Å². The highest BCUT2D eigenvalue weighted by Gasteiger charge is 2.49. The molecule has 1 aliphatic rings. The maximum absolute atomic E-state index is 13.2. The second-order valence-electron chi connectivity index (χ2n) is 7.43. The third-order valence-electron chi connectivity index (χ3n) is 5.32. The molecule has 3 unspecified atom stereocenters. The first-order chi connectivity index (χ1) is 12.6. The largest absolute Gasteiger partial charge is 0.391 e. The number of hydrogen-bond donors (Lipinski definition) is 0. The Hall–Kier alpha value is -1.83. The molecule has 27 heavy (non-hydrogen) atoms. The predicted octanol–water partition coefficient (Wildman–Crippen LogP) is 4.95. The molecule has 148 valence electrons. The quantitative estimate of drug-likeness (QED) is 0.681. The van der Waals surface area contributed by atoms with Crippen molar-refractivity contribution in [1.29, 1.82) is 0 Å². The van der Waals surface area contributed by atoms with E-state index in [-0.39, 0.29) is 30.4 Å². The summed E-state index contributed by atoms with van der Waals surface area (Å²) in [5.74, 6) is -1.94. The molecule has 4 nitrogen and oxygen atoms in total. The van der Waals surface area contributed by atoms with Crippen molar-refractivity contribution in [2.75, 3.05) is 0 Å². The van der Waals surface area contributed by atoms with Gasteiger partial charge in [-0.25, -0.2) is 0 Å². The number of nitrogens with zero attached hydrogens (tertiary/aromatic N) is 1. The second kappa shape index (κ2) is 7.30. The molecule has 0 bridgehead atoms. The van der Waals surface area contributed by atoms with Gasteiger partial charge >= 0.3 is 16.3 Å². The van der Waals surface area contributed by atoms with Gasteiger partial charge in [0.15, 0.2) is 0 Å². The standard InChI is InChI=1S/C19H22F3NO3S/c1-12(2)16-7-5-14(19(20,21)22)11-18(16)27(24,25)26-15-6-8-17-13(10-15)4-3-9-23-17/h3-4,6,8-10,12,14,16,18H,5,7,11H2,1-2H3. The topological polar surface area (TPSA) is 56.3 Å². The van der Waals surface area contributed by atoms with Crippen LogP contribution in [0.5, 0.6) is 5.75 Å². The van der Waals surface area contributed by atoms with Gasteiger partial charge in [-0.3, -0.25) is 4.98 Å². The molecule has 0 spiro atoms. The first kappa shape index (κ1) is 19.9. The number of halogens is 3. The number of alkyl halides is 3.